The Kier molecular flexibility index (Phi) is 10.8. The maximum atomic E-state index is 12.6. The Bertz CT molecular complexity index is 497. The van der Waals surface area contributed by atoms with Crippen LogP contribution in [0.4, 0.5) is 0 Å². The molecule has 1 aliphatic carbocycles. The van der Waals surface area contributed by atoms with E-state index in [-0.39, 0.29) is 49.2 Å². The second-order valence-electron chi connectivity index (χ2n) is 7.81. The summed E-state index contributed by atoms with van der Waals surface area (Å²) in [5, 5.41) is 8.83. The fourth-order valence-electron chi connectivity index (χ4n) is 4.03. The summed E-state index contributed by atoms with van der Waals surface area (Å²) in [5.41, 5.74) is 0. The zero-order valence-corrected chi connectivity index (χ0v) is 17.1. The number of ketones is 1. The molecule has 160 valence electrons. The highest BCUT2D eigenvalue weighted by molar-refractivity contribution is 5.84. The third-order valence-electron chi connectivity index (χ3n) is 5.55. The lowest BCUT2D eigenvalue weighted by atomic mass is 9.90. The number of unbranched alkanes of at least 4 members (excludes halogenated alkanes) is 4. The summed E-state index contributed by atoms with van der Waals surface area (Å²) in [4.78, 5) is 23.6. The minimum Gasteiger partial charge on any atom is -0.466 e. The Morgan fingerprint density at radius 2 is 2.07 bits per heavy atom. The van der Waals surface area contributed by atoms with Gasteiger partial charge in [0.05, 0.1) is 12.7 Å². The van der Waals surface area contributed by atoms with Crippen molar-refractivity contribution in [3.05, 3.63) is 12.2 Å². The molecule has 1 saturated carbocycles. The highest BCUT2D eigenvalue weighted by Crippen LogP contribution is 2.36. The molecule has 0 bridgehead atoms. The standard InChI is InChI=1S/C22H36O6/c1-17(24)26-15-12-18-19(10-6-4-2-3-5-8-13-23)21(16-20(18)25)28-22-11-7-9-14-27-22/h6,10,18-19,21-23H,2-5,7-9,11-16H2,1H3/t18-,19+,21-,22?/m0/s1. The Morgan fingerprint density at radius 1 is 1.25 bits per heavy atom. The van der Waals surface area contributed by atoms with Crippen LogP contribution in [0.2, 0.25) is 0 Å². The van der Waals surface area contributed by atoms with Crippen LogP contribution >= 0.6 is 0 Å². The van der Waals surface area contributed by atoms with Gasteiger partial charge in [-0.3, -0.25) is 9.59 Å². The minimum absolute atomic E-state index is 0.00558. The fourth-order valence-corrected chi connectivity index (χ4v) is 4.03. The smallest absolute Gasteiger partial charge is 0.302 e. The van der Waals surface area contributed by atoms with Gasteiger partial charge >= 0.3 is 5.97 Å². The lowest BCUT2D eigenvalue weighted by molar-refractivity contribution is -0.192. The molecular formula is C22H36O6. The molecule has 0 aromatic carbocycles. The number of Topliss-reactive ketones (excluding diaryl/α,β-unsaturated/α-hetero) is 1. The molecule has 0 radical (unpaired) electrons. The molecule has 0 aromatic heterocycles. The molecule has 28 heavy (non-hydrogen) atoms. The zero-order chi connectivity index (χ0) is 20.2. The number of allylic oxidation sites excluding steroid dienone is 1. The van der Waals surface area contributed by atoms with Gasteiger partial charge in [0.25, 0.3) is 0 Å². The average molecular weight is 397 g/mol. The zero-order valence-electron chi connectivity index (χ0n) is 17.1. The van der Waals surface area contributed by atoms with Crippen molar-refractivity contribution in [2.75, 3.05) is 19.8 Å². The third-order valence-corrected chi connectivity index (χ3v) is 5.55. The van der Waals surface area contributed by atoms with Gasteiger partial charge < -0.3 is 19.3 Å². The number of aliphatic hydroxyl groups is 1. The molecule has 0 spiro atoms. The molecule has 1 N–H and O–H groups in total. The van der Waals surface area contributed by atoms with E-state index in [1.165, 1.54) is 6.92 Å². The van der Waals surface area contributed by atoms with E-state index in [9.17, 15) is 9.59 Å². The maximum absolute atomic E-state index is 12.6. The normalized spacial score (nSPS) is 28.1. The Morgan fingerprint density at radius 3 is 2.79 bits per heavy atom. The van der Waals surface area contributed by atoms with Crippen molar-refractivity contribution in [3.63, 3.8) is 0 Å². The predicted octanol–water partition coefficient (Wildman–Crippen LogP) is 3.56. The Balaban J connectivity index is 1.90. The molecule has 1 heterocycles. The van der Waals surface area contributed by atoms with Crippen molar-refractivity contribution < 1.29 is 28.9 Å². The van der Waals surface area contributed by atoms with Crippen molar-refractivity contribution in [3.8, 4) is 0 Å². The summed E-state index contributed by atoms with van der Waals surface area (Å²) >= 11 is 0. The first kappa shape index (κ1) is 23.0. The fraction of sp³-hybridized carbons (Fsp3) is 0.818. The number of rotatable bonds is 12. The van der Waals surface area contributed by atoms with E-state index in [4.69, 9.17) is 19.3 Å². The molecule has 2 rings (SSSR count). The second kappa shape index (κ2) is 13.1. The van der Waals surface area contributed by atoms with E-state index < -0.39 is 0 Å². The van der Waals surface area contributed by atoms with E-state index in [1.54, 1.807) is 0 Å². The molecule has 2 aliphatic rings. The lowest BCUT2D eigenvalue weighted by Gasteiger charge is -2.28. The van der Waals surface area contributed by atoms with Crippen LogP contribution in [0.25, 0.3) is 0 Å². The summed E-state index contributed by atoms with van der Waals surface area (Å²) in [5.74, 6) is -0.293. The molecule has 4 atom stereocenters. The van der Waals surface area contributed by atoms with Gasteiger partial charge in [-0.25, -0.2) is 0 Å². The van der Waals surface area contributed by atoms with E-state index >= 15 is 0 Å². The van der Waals surface area contributed by atoms with E-state index in [0.717, 1.165) is 58.0 Å². The van der Waals surface area contributed by atoms with Crippen LogP contribution in [0.1, 0.15) is 71.1 Å². The molecule has 1 unspecified atom stereocenters. The van der Waals surface area contributed by atoms with Gasteiger partial charge in [-0.2, -0.15) is 0 Å². The number of carbonyl (C=O) groups is 2. The largest absolute Gasteiger partial charge is 0.466 e. The van der Waals surface area contributed by atoms with Crippen molar-refractivity contribution in [2.45, 2.75) is 83.5 Å². The first-order chi connectivity index (χ1) is 13.6. The number of aliphatic hydroxyl groups excluding tert-OH is 1. The summed E-state index contributed by atoms with van der Waals surface area (Å²) in [6.45, 7) is 2.63. The topological polar surface area (TPSA) is 82.1 Å². The van der Waals surface area contributed by atoms with Gasteiger partial charge in [0.2, 0.25) is 0 Å². The van der Waals surface area contributed by atoms with E-state index in [0.29, 0.717) is 12.8 Å². The highest BCUT2D eigenvalue weighted by atomic mass is 16.7. The second-order valence-corrected chi connectivity index (χ2v) is 7.81. The van der Waals surface area contributed by atoms with E-state index in [2.05, 4.69) is 12.2 Å². The van der Waals surface area contributed by atoms with E-state index in [1.807, 2.05) is 0 Å². The van der Waals surface area contributed by atoms with Gasteiger partial charge in [0.15, 0.2) is 6.29 Å². The van der Waals surface area contributed by atoms with Gasteiger partial charge in [0.1, 0.15) is 5.78 Å². The quantitative estimate of drug-likeness (QED) is 0.309. The van der Waals surface area contributed by atoms with Gasteiger partial charge in [-0.15, -0.1) is 0 Å². The summed E-state index contributed by atoms with van der Waals surface area (Å²) < 4.78 is 16.9. The number of esters is 1. The van der Waals surface area contributed by atoms with Gasteiger partial charge in [-0.1, -0.05) is 25.0 Å². The van der Waals surface area contributed by atoms with Crippen LogP contribution in [0.15, 0.2) is 12.2 Å². The molecular weight excluding hydrogens is 360 g/mol. The number of hydrogen-bond donors (Lipinski definition) is 1. The maximum Gasteiger partial charge on any atom is 0.302 e. The number of hydrogen-bond acceptors (Lipinski definition) is 6. The molecule has 1 saturated heterocycles. The van der Waals surface area contributed by atoms with Crippen molar-refractivity contribution in [2.24, 2.45) is 11.8 Å². The average Bonchev–Trinajstić information content (AvgIpc) is 2.96. The molecule has 1 aliphatic heterocycles. The highest BCUT2D eigenvalue weighted by Gasteiger charge is 2.42. The Labute approximate surface area is 168 Å². The first-order valence-electron chi connectivity index (χ1n) is 10.8. The van der Waals surface area contributed by atoms with Crippen LogP contribution in [0.5, 0.6) is 0 Å². The third kappa shape index (κ3) is 8.02. The summed E-state index contributed by atoms with van der Waals surface area (Å²) in [6, 6.07) is 0. The minimum atomic E-state index is -0.316. The summed E-state index contributed by atoms with van der Waals surface area (Å²) in [7, 11) is 0. The van der Waals surface area contributed by atoms with Gasteiger partial charge in [0, 0.05) is 38.4 Å². The molecule has 2 fully saturated rings. The van der Waals surface area contributed by atoms with Crippen molar-refractivity contribution in [1.29, 1.82) is 0 Å². The van der Waals surface area contributed by atoms with Crippen LogP contribution in [0, 0.1) is 11.8 Å². The van der Waals surface area contributed by atoms with Crippen LogP contribution in [0.3, 0.4) is 0 Å². The first-order valence-corrected chi connectivity index (χ1v) is 10.8. The predicted molar refractivity (Wildman–Crippen MR) is 106 cm³/mol. The van der Waals surface area contributed by atoms with Crippen molar-refractivity contribution in [1.82, 2.24) is 0 Å². The molecule has 6 heteroatoms. The molecule has 6 nitrogen and oxygen atoms in total. The number of ether oxygens (including phenoxy) is 3. The lowest BCUT2D eigenvalue weighted by Crippen LogP contribution is -2.30. The summed E-state index contributed by atoms with van der Waals surface area (Å²) in [6.07, 6.45) is 12.9. The number of carbonyl (C=O) groups excluding carboxylic acids is 2. The SMILES string of the molecule is CC(=O)OCC[C@@H]1C(=O)C[C@H](OC2CCCCO2)[C@@H]1C=CCCCCCCO. The van der Waals surface area contributed by atoms with Gasteiger partial charge in [-0.05, 0) is 44.9 Å². The van der Waals surface area contributed by atoms with Crippen LogP contribution < -0.4 is 0 Å². The van der Waals surface area contributed by atoms with Crippen molar-refractivity contribution >= 4 is 11.8 Å². The molecule has 0 amide bonds. The Hall–Kier alpha value is -1.24. The monoisotopic (exact) mass is 396 g/mol. The van der Waals surface area contributed by atoms with Crippen LogP contribution in [-0.4, -0.2) is 49.1 Å². The molecule has 0 aromatic rings. The van der Waals surface area contributed by atoms with Crippen LogP contribution in [-0.2, 0) is 23.8 Å².